The van der Waals surface area contributed by atoms with Crippen molar-refractivity contribution < 1.29 is 0 Å². The summed E-state index contributed by atoms with van der Waals surface area (Å²) in [6, 6.07) is 0.611. The Kier molecular flexibility index (Phi) is 15.6. The van der Waals surface area contributed by atoms with Gasteiger partial charge in [-0.05, 0) is 33.1 Å². The molecule has 1 unspecified atom stereocenters. The summed E-state index contributed by atoms with van der Waals surface area (Å²) in [5.74, 6) is 0. The fourth-order valence-corrected chi connectivity index (χ4v) is 4.46. The van der Waals surface area contributed by atoms with Crippen molar-refractivity contribution in [3.05, 3.63) is 12.4 Å². The summed E-state index contributed by atoms with van der Waals surface area (Å²) in [6.45, 7) is 10.5. The number of hydrogen-bond acceptors (Lipinski definition) is 2. The van der Waals surface area contributed by atoms with E-state index in [1.807, 2.05) is 0 Å². The van der Waals surface area contributed by atoms with Crippen molar-refractivity contribution in [3.8, 4) is 0 Å². The zero-order valence-electron chi connectivity index (χ0n) is 19.9. The lowest BCUT2D eigenvalue weighted by atomic mass is 10.0. The van der Waals surface area contributed by atoms with E-state index in [2.05, 4.69) is 49.9 Å². The van der Waals surface area contributed by atoms with E-state index in [0.717, 1.165) is 0 Å². The Morgan fingerprint density at radius 3 is 1.54 bits per heavy atom. The van der Waals surface area contributed by atoms with Crippen LogP contribution < -0.4 is 0 Å². The van der Waals surface area contributed by atoms with Crippen molar-refractivity contribution in [1.29, 1.82) is 0 Å². The summed E-state index contributed by atoms with van der Waals surface area (Å²) in [5, 5.41) is 0. The maximum absolute atomic E-state index is 2.61. The molecule has 0 N–H and O–H groups in total. The van der Waals surface area contributed by atoms with Crippen LogP contribution in [0.4, 0.5) is 0 Å². The third-order valence-corrected chi connectivity index (χ3v) is 6.34. The van der Waals surface area contributed by atoms with Gasteiger partial charge in [-0.2, -0.15) is 0 Å². The van der Waals surface area contributed by atoms with Crippen molar-refractivity contribution in [3.63, 3.8) is 0 Å². The van der Waals surface area contributed by atoms with E-state index in [4.69, 9.17) is 0 Å². The van der Waals surface area contributed by atoms with E-state index in [1.54, 1.807) is 0 Å². The second-order valence-corrected chi connectivity index (χ2v) is 9.30. The highest BCUT2D eigenvalue weighted by atomic mass is 15.4. The normalized spacial score (nSPS) is 16.7. The summed E-state index contributed by atoms with van der Waals surface area (Å²) in [7, 11) is 0. The first-order valence-electron chi connectivity index (χ1n) is 12.9. The second kappa shape index (κ2) is 17.2. The van der Waals surface area contributed by atoms with Crippen LogP contribution in [0.2, 0.25) is 0 Å². The highest BCUT2D eigenvalue weighted by Crippen LogP contribution is 2.24. The third kappa shape index (κ3) is 11.4. The molecule has 1 rings (SSSR count). The molecule has 0 aromatic heterocycles. The molecule has 0 amide bonds. The predicted octanol–water partition coefficient (Wildman–Crippen LogP) is 8.48. The van der Waals surface area contributed by atoms with Gasteiger partial charge in [-0.3, -0.25) is 0 Å². The highest BCUT2D eigenvalue weighted by Gasteiger charge is 2.26. The van der Waals surface area contributed by atoms with Gasteiger partial charge in [0.2, 0.25) is 0 Å². The number of nitrogens with zero attached hydrogens (tertiary/aromatic N) is 2. The third-order valence-electron chi connectivity index (χ3n) is 6.34. The van der Waals surface area contributed by atoms with E-state index in [1.165, 1.54) is 116 Å². The van der Waals surface area contributed by atoms with E-state index in [0.29, 0.717) is 12.2 Å². The molecule has 1 heterocycles. The molecule has 1 aliphatic rings. The van der Waals surface area contributed by atoms with Crippen molar-refractivity contribution in [2.24, 2.45) is 0 Å². The Balaban J connectivity index is 1.96. The standard InChI is InChI=1S/C26H52N2/c1-5-7-9-10-11-12-13-14-15-16-17-18-19-20-22-27-23-24-28(25(3)4)26(27)21-8-6-2/h23-26H,5-22H2,1-4H3. The van der Waals surface area contributed by atoms with Crippen molar-refractivity contribution in [1.82, 2.24) is 9.80 Å². The maximum atomic E-state index is 2.61. The van der Waals surface area contributed by atoms with Crippen LogP contribution in [0, 0.1) is 0 Å². The Morgan fingerprint density at radius 2 is 1.07 bits per heavy atom. The largest absolute Gasteiger partial charge is 0.356 e. The molecule has 0 fully saturated rings. The molecule has 1 aliphatic heterocycles. The lowest BCUT2D eigenvalue weighted by Gasteiger charge is -2.35. The second-order valence-electron chi connectivity index (χ2n) is 9.30. The zero-order valence-corrected chi connectivity index (χ0v) is 19.9. The Labute approximate surface area is 178 Å². The molecule has 0 saturated heterocycles. The molecule has 28 heavy (non-hydrogen) atoms. The zero-order chi connectivity index (χ0) is 20.5. The van der Waals surface area contributed by atoms with Crippen LogP contribution in [0.5, 0.6) is 0 Å². The van der Waals surface area contributed by atoms with Gasteiger partial charge in [0.15, 0.2) is 0 Å². The lowest BCUT2D eigenvalue weighted by Crippen LogP contribution is -2.42. The first kappa shape index (κ1) is 25.4. The van der Waals surface area contributed by atoms with Gasteiger partial charge in [0, 0.05) is 25.0 Å². The first-order chi connectivity index (χ1) is 13.7. The van der Waals surface area contributed by atoms with E-state index in [9.17, 15) is 0 Å². The Morgan fingerprint density at radius 1 is 0.607 bits per heavy atom. The van der Waals surface area contributed by atoms with Crippen LogP contribution in [-0.2, 0) is 0 Å². The molecule has 1 atom stereocenters. The SMILES string of the molecule is CCCCCCCCCCCCCCCCN1C=CN(C(C)C)C1CCCC. The van der Waals surface area contributed by atoms with E-state index in [-0.39, 0.29) is 0 Å². The minimum atomic E-state index is 0.611. The molecule has 0 aliphatic carbocycles. The summed E-state index contributed by atoms with van der Waals surface area (Å²) < 4.78 is 0. The molecular weight excluding hydrogens is 340 g/mol. The quantitative estimate of drug-likeness (QED) is 0.203. The summed E-state index contributed by atoms with van der Waals surface area (Å²) in [4.78, 5) is 5.16. The van der Waals surface area contributed by atoms with Crippen LogP contribution in [0.1, 0.15) is 137 Å². The Hall–Kier alpha value is -0.660. The van der Waals surface area contributed by atoms with Crippen LogP contribution in [-0.4, -0.2) is 28.6 Å². The fourth-order valence-electron chi connectivity index (χ4n) is 4.46. The number of rotatable bonds is 19. The molecule has 0 spiro atoms. The van der Waals surface area contributed by atoms with Crippen LogP contribution in [0.15, 0.2) is 12.4 Å². The first-order valence-corrected chi connectivity index (χ1v) is 12.9. The molecule has 0 saturated carbocycles. The molecule has 0 bridgehead atoms. The summed E-state index contributed by atoms with van der Waals surface area (Å²) in [6.07, 6.45) is 29.4. The van der Waals surface area contributed by atoms with Gasteiger partial charge in [0.25, 0.3) is 0 Å². The monoisotopic (exact) mass is 392 g/mol. The van der Waals surface area contributed by atoms with E-state index < -0.39 is 0 Å². The van der Waals surface area contributed by atoms with Crippen LogP contribution in [0.3, 0.4) is 0 Å². The topological polar surface area (TPSA) is 6.48 Å². The molecule has 2 heteroatoms. The van der Waals surface area contributed by atoms with Gasteiger partial charge in [-0.1, -0.05) is 104 Å². The molecular formula is C26H52N2. The highest BCUT2D eigenvalue weighted by molar-refractivity contribution is 4.98. The molecule has 166 valence electrons. The Bertz CT molecular complexity index is 363. The van der Waals surface area contributed by atoms with Crippen molar-refractivity contribution in [2.45, 2.75) is 149 Å². The molecule has 0 radical (unpaired) electrons. The average Bonchev–Trinajstić information content (AvgIpc) is 3.09. The van der Waals surface area contributed by atoms with Crippen LogP contribution in [0.25, 0.3) is 0 Å². The smallest absolute Gasteiger partial charge is 0.101 e. The van der Waals surface area contributed by atoms with E-state index >= 15 is 0 Å². The van der Waals surface area contributed by atoms with Crippen molar-refractivity contribution in [2.75, 3.05) is 6.54 Å². The fraction of sp³-hybridized carbons (Fsp3) is 0.923. The summed E-state index contributed by atoms with van der Waals surface area (Å²) in [5.41, 5.74) is 0. The number of hydrogen-bond donors (Lipinski definition) is 0. The molecule has 0 aromatic carbocycles. The predicted molar refractivity (Wildman–Crippen MR) is 126 cm³/mol. The van der Waals surface area contributed by atoms with Gasteiger partial charge in [-0.15, -0.1) is 0 Å². The van der Waals surface area contributed by atoms with Gasteiger partial charge in [0.1, 0.15) is 6.17 Å². The molecule has 2 nitrogen and oxygen atoms in total. The van der Waals surface area contributed by atoms with Gasteiger partial charge >= 0.3 is 0 Å². The number of unbranched alkanes of at least 4 members (excludes halogenated alkanes) is 14. The lowest BCUT2D eigenvalue weighted by molar-refractivity contribution is 0.114. The van der Waals surface area contributed by atoms with Gasteiger partial charge in [-0.25, -0.2) is 0 Å². The average molecular weight is 393 g/mol. The van der Waals surface area contributed by atoms with Crippen LogP contribution >= 0.6 is 0 Å². The maximum Gasteiger partial charge on any atom is 0.101 e. The summed E-state index contributed by atoms with van der Waals surface area (Å²) >= 11 is 0. The molecule has 0 aromatic rings. The van der Waals surface area contributed by atoms with Crippen molar-refractivity contribution >= 4 is 0 Å². The minimum absolute atomic E-state index is 0.611. The van der Waals surface area contributed by atoms with Gasteiger partial charge in [0.05, 0.1) is 0 Å². The van der Waals surface area contributed by atoms with Gasteiger partial charge < -0.3 is 9.80 Å². The minimum Gasteiger partial charge on any atom is -0.356 e.